The van der Waals surface area contributed by atoms with Crippen molar-refractivity contribution in [3.05, 3.63) is 48.3 Å². The highest BCUT2D eigenvalue weighted by molar-refractivity contribution is 8.00. The van der Waals surface area contributed by atoms with Gasteiger partial charge in [-0.1, -0.05) is 0 Å². The maximum Gasteiger partial charge on any atom is 0.234 e. The number of carbonyl (C=O) groups excluding carboxylic acids is 1. The molecule has 0 spiro atoms. The number of benzene rings is 2. The first-order chi connectivity index (χ1) is 10.1. The Morgan fingerprint density at radius 1 is 1.29 bits per heavy atom. The van der Waals surface area contributed by atoms with Crippen molar-refractivity contribution in [1.29, 1.82) is 0 Å². The highest BCUT2D eigenvalue weighted by Crippen LogP contribution is 2.26. The zero-order chi connectivity index (χ0) is 15.2. The van der Waals surface area contributed by atoms with Crippen LogP contribution in [0.2, 0.25) is 0 Å². The summed E-state index contributed by atoms with van der Waals surface area (Å²) in [6.45, 7) is 0. The molecule has 0 saturated carbocycles. The van der Waals surface area contributed by atoms with E-state index in [1.54, 1.807) is 31.4 Å². The lowest BCUT2D eigenvalue weighted by Gasteiger charge is -2.07. The van der Waals surface area contributed by atoms with Crippen LogP contribution >= 0.6 is 11.8 Å². The summed E-state index contributed by atoms with van der Waals surface area (Å²) in [5.74, 6) is 0.311. The molecule has 0 aliphatic rings. The van der Waals surface area contributed by atoms with Gasteiger partial charge in [0.15, 0.2) is 0 Å². The van der Waals surface area contributed by atoms with Gasteiger partial charge in [0.25, 0.3) is 0 Å². The summed E-state index contributed by atoms with van der Waals surface area (Å²) in [4.78, 5) is 12.4. The first-order valence-electron chi connectivity index (χ1n) is 6.20. The average Bonchev–Trinajstić information content (AvgIpc) is 2.49. The fourth-order valence-corrected chi connectivity index (χ4v) is 2.44. The first-order valence-corrected chi connectivity index (χ1v) is 7.19. The number of ether oxygens (including phenoxy) is 1. The van der Waals surface area contributed by atoms with Crippen LogP contribution in [-0.2, 0) is 4.79 Å². The topological polar surface area (TPSA) is 64.3 Å². The Labute approximate surface area is 126 Å². The Morgan fingerprint density at radius 3 is 2.67 bits per heavy atom. The minimum Gasteiger partial charge on any atom is -0.497 e. The van der Waals surface area contributed by atoms with Gasteiger partial charge in [0.2, 0.25) is 5.91 Å². The number of rotatable bonds is 5. The molecule has 3 N–H and O–H groups in total. The van der Waals surface area contributed by atoms with E-state index in [2.05, 4.69) is 5.32 Å². The summed E-state index contributed by atoms with van der Waals surface area (Å²) < 4.78 is 18.1. The van der Waals surface area contributed by atoms with Crippen molar-refractivity contribution in [2.75, 3.05) is 23.9 Å². The zero-order valence-corrected chi connectivity index (χ0v) is 12.2. The minimum absolute atomic E-state index is 0.152. The normalized spacial score (nSPS) is 10.2. The molecular weight excluding hydrogens is 291 g/mol. The molecule has 1 amide bonds. The van der Waals surface area contributed by atoms with Gasteiger partial charge in [-0.25, -0.2) is 4.39 Å². The lowest BCUT2D eigenvalue weighted by atomic mass is 10.3. The third-order valence-electron chi connectivity index (χ3n) is 2.71. The highest BCUT2D eigenvalue weighted by atomic mass is 32.2. The number of nitrogens with one attached hydrogen (secondary N) is 1. The minimum atomic E-state index is -0.373. The van der Waals surface area contributed by atoms with Crippen molar-refractivity contribution in [2.24, 2.45) is 0 Å². The van der Waals surface area contributed by atoms with Gasteiger partial charge in [-0.05, 0) is 42.5 Å². The van der Waals surface area contributed by atoms with Crippen molar-refractivity contribution >= 4 is 29.0 Å². The van der Waals surface area contributed by atoms with Crippen LogP contribution in [0.4, 0.5) is 15.8 Å². The van der Waals surface area contributed by atoms with Gasteiger partial charge in [0, 0.05) is 16.3 Å². The van der Waals surface area contributed by atoms with Crippen molar-refractivity contribution in [3.8, 4) is 5.75 Å². The molecule has 0 atom stereocenters. The number of nitrogen functional groups attached to an aromatic ring is 1. The Bertz CT molecular complexity index is 632. The van der Waals surface area contributed by atoms with E-state index in [-0.39, 0.29) is 17.5 Å². The monoisotopic (exact) mass is 306 g/mol. The summed E-state index contributed by atoms with van der Waals surface area (Å²) in [6.07, 6.45) is 0. The van der Waals surface area contributed by atoms with Crippen LogP contribution in [0.3, 0.4) is 0 Å². The van der Waals surface area contributed by atoms with Crippen molar-refractivity contribution in [2.45, 2.75) is 4.90 Å². The number of thioether (sulfide) groups is 1. The maximum atomic E-state index is 13.1. The van der Waals surface area contributed by atoms with Crippen LogP contribution in [0.15, 0.2) is 47.4 Å². The maximum absolute atomic E-state index is 13.1. The summed E-state index contributed by atoms with van der Waals surface area (Å²) in [5, 5.41) is 2.75. The number of hydrogen-bond acceptors (Lipinski definition) is 4. The molecule has 0 bridgehead atoms. The third kappa shape index (κ3) is 4.39. The van der Waals surface area contributed by atoms with Gasteiger partial charge < -0.3 is 15.8 Å². The van der Waals surface area contributed by atoms with Gasteiger partial charge in [-0.2, -0.15) is 0 Å². The first kappa shape index (κ1) is 15.2. The largest absolute Gasteiger partial charge is 0.497 e. The van der Waals surface area contributed by atoms with Crippen molar-refractivity contribution in [1.82, 2.24) is 0 Å². The second kappa shape index (κ2) is 6.99. The molecule has 0 heterocycles. The molecule has 0 aliphatic carbocycles. The average molecular weight is 306 g/mol. The highest BCUT2D eigenvalue weighted by Gasteiger charge is 2.07. The molecule has 0 radical (unpaired) electrons. The number of hydrogen-bond donors (Lipinski definition) is 2. The molecule has 21 heavy (non-hydrogen) atoms. The van der Waals surface area contributed by atoms with Gasteiger partial charge in [-0.15, -0.1) is 11.8 Å². The quantitative estimate of drug-likeness (QED) is 0.658. The van der Waals surface area contributed by atoms with E-state index >= 15 is 0 Å². The molecule has 0 aliphatic heterocycles. The Kier molecular flexibility index (Phi) is 5.05. The Balaban J connectivity index is 1.91. The van der Waals surface area contributed by atoms with E-state index in [0.29, 0.717) is 16.3 Å². The van der Waals surface area contributed by atoms with E-state index in [1.807, 2.05) is 0 Å². The second-order valence-electron chi connectivity index (χ2n) is 4.25. The lowest BCUT2D eigenvalue weighted by Crippen LogP contribution is -2.14. The van der Waals surface area contributed by atoms with Crippen LogP contribution in [-0.4, -0.2) is 18.8 Å². The van der Waals surface area contributed by atoms with Crippen LogP contribution in [0.1, 0.15) is 0 Å². The van der Waals surface area contributed by atoms with Crippen LogP contribution in [0, 0.1) is 5.82 Å². The van der Waals surface area contributed by atoms with E-state index < -0.39 is 0 Å². The standard InChI is InChI=1S/C15H15FN2O2S/c1-20-12-5-3-11(4-6-12)18-15(19)9-21-14-8-10(16)2-7-13(14)17/h2-8H,9,17H2,1H3,(H,18,19). The fraction of sp³-hybridized carbons (Fsp3) is 0.133. The molecule has 0 unspecified atom stereocenters. The predicted octanol–water partition coefficient (Wildman–Crippen LogP) is 3.15. The van der Waals surface area contributed by atoms with Crippen molar-refractivity contribution in [3.63, 3.8) is 0 Å². The van der Waals surface area contributed by atoms with E-state index in [1.165, 1.54) is 30.0 Å². The Morgan fingerprint density at radius 2 is 2.00 bits per heavy atom. The second-order valence-corrected chi connectivity index (χ2v) is 5.26. The van der Waals surface area contributed by atoms with Gasteiger partial charge in [0.1, 0.15) is 11.6 Å². The van der Waals surface area contributed by atoms with E-state index in [4.69, 9.17) is 10.5 Å². The van der Waals surface area contributed by atoms with Crippen LogP contribution in [0.25, 0.3) is 0 Å². The molecular formula is C15H15FN2O2S. The molecule has 2 aromatic rings. The lowest BCUT2D eigenvalue weighted by molar-refractivity contribution is -0.113. The molecule has 0 aromatic heterocycles. The number of methoxy groups -OCH3 is 1. The summed E-state index contributed by atoms with van der Waals surface area (Å²) in [7, 11) is 1.58. The SMILES string of the molecule is COc1ccc(NC(=O)CSc2cc(F)ccc2N)cc1. The zero-order valence-electron chi connectivity index (χ0n) is 11.4. The predicted molar refractivity (Wildman–Crippen MR) is 83.2 cm³/mol. The molecule has 4 nitrogen and oxygen atoms in total. The van der Waals surface area contributed by atoms with E-state index in [9.17, 15) is 9.18 Å². The number of nitrogens with two attached hydrogens (primary N) is 1. The molecule has 110 valence electrons. The molecule has 2 rings (SSSR count). The smallest absolute Gasteiger partial charge is 0.234 e. The van der Waals surface area contributed by atoms with Gasteiger partial charge in [-0.3, -0.25) is 4.79 Å². The van der Waals surface area contributed by atoms with Crippen molar-refractivity contribution < 1.29 is 13.9 Å². The third-order valence-corrected chi connectivity index (χ3v) is 3.78. The van der Waals surface area contributed by atoms with E-state index in [0.717, 1.165) is 5.75 Å². The van der Waals surface area contributed by atoms with Gasteiger partial charge in [0.05, 0.1) is 12.9 Å². The summed E-state index contributed by atoms with van der Waals surface area (Å²) >= 11 is 1.19. The number of halogens is 1. The number of anilines is 2. The molecule has 2 aromatic carbocycles. The van der Waals surface area contributed by atoms with Crippen LogP contribution < -0.4 is 15.8 Å². The molecule has 0 fully saturated rings. The number of carbonyl (C=O) groups is 1. The Hall–Kier alpha value is -2.21. The van der Waals surface area contributed by atoms with Gasteiger partial charge >= 0.3 is 0 Å². The molecule has 6 heteroatoms. The summed E-state index contributed by atoms with van der Waals surface area (Å²) in [5.41, 5.74) is 6.86. The fourth-order valence-electron chi connectivity index (χ4n) is 1.65. The number of amides is 1. The van der Waals surface area contributed by atoms with Crippen LogP contribution in [0.5, 0.6) is 5.75 Å². The molecule has 0 saturated heterocycles. The summed E-state index contributed by atoms with van der Waals surface area (Å²) in [6, 6.07) is 11.1.